The number of ether oxygens (including phenoxy) is 1. The minimum Gasteiger partial charge on any atom is -0.479 e. The van der Waals surface area contributed by atoms with Gasteiger partial charge in [-0.1, -0.05) is 11.8 Å². The first-order chi connectivity index (χ1) is 10.2. The second-order valence-corrected chi connectivity index (χ2v) is 4.26. The molecule has 0 fully saturated rings. The molecular formula is C15H16N4O2. The van der Waals surface area contributed by atoms with Crippen LogP contribution in [-0.4, -0.2) is 33.8 Å². The molecule has 6 nitrogen and oxygen atoms in total. The highest BCUT2D eigenvalue weighted by atomic mass is 16.5. The highest BCUT2D eigenvalue weighted by Gasteiger charge is 1.99. The molecule has 0 spiro atoms. The van der Waals surface area contributed by atoms with E-state index in [1.807, 2.05) is 19.1 Å². The molecule has 21 heavy (non-hydrogen) atoms. The van der Waals surface area contributed by atoms with Crippen molar-refractivity contribution in [2.75, 3.05) is 13.2 Å². The van der Waals surface area contributed by atoms with E-state index >= 15 is 0 Å². The summed E-state index contributed by atoms with van der Waals surface area (Å²) < 4.78 is 6.94. The van der Waals surface area contributed by atoms with Gasteiger partial charge in [0.1, 0.15) is 18.9 Å². The van der Waals surface area contributed by atoms with Crippen LogP contribution in [0.2, 0.25) is 0 Å². The van der Waals surface area contributed by atoms with Crippen LogP contribution in [0.4, 0.5) is 0 Å². The van der Waals surface area contributed by atoms with Crippen molar-refractivity contribution in [1.82, 2.24) is 20.1 Å². The van der Waals surface area contributed by atoms with Crippen molar-refractivity contribution in [1.29, 1.82) is 0 Å². The van der Waals surface area contributed by atoms with Gasteiger partial charge in [-0.15, -0.1) is 0 Å². The van der Waals surface area contributed by atoms with Crippen molar-refractivity contribution < 1.29 is 9.53 Å². The van der Waals surface area contributed by atoms with Crippen LogP contribution in [0.15, 0.2) is 36.8 Å². The Labute approximate surface area is 123 Å². The summed E-state index contributed by atoms with van der Waals surface area (Å²) in [6.45, 7) is 2.66. The van der Waals surface area contributed by atoms with Gasteiger partial charge in [0.15, 0.2) is 0 Å². The minimum atomic E-state index is -0.128. The zero-order valence-electron chi connectivity index (χ0n) is 11.7. The van der Waals surface area contributed by atoms with Gasteiger partial charge >= 0.3 is 0 Å². The van der Waals surface area contributed by atoms with Gasteiger partial charge < -0.3 is 10.1 Å². The molecule has 2 aromatic heterocycles. The molecular weight excluding hydrogens is 268 g/mol. The molecule has 0 unspecified atom stereocenters. The summed E-state index contributed by atoms with van der Waals surface area (Å²) in [5.41, 5.74) is 0.938. The number of amides is 1. The maximum absolute atomic E-state index is 11.5. The third kappa shape index (κ3) is 5.37. The number of hydrogen-bond donors (Lipinski definition) is 1. The SMILES string of the molecule is Cc1ccc(OCC#CCNC(=O)Cn2cccn2)cn1. The highest BCUT2D eigenvalue weighted by molar-refractivity contribution is 5.75. The fourth-order valence-corrected chi connectivity index (χ4v) is 1.51. The summed E-state index contributed by atoms with van der Waals surface area (Å²) in [4.78, 5) is 15.6. The molecule has 0 atom stereocenters. The van der Waals surface area contributed by atoms with E-state index in [9.17, 15) is 4.79 Å². The number of carbonyl (C=O) groups is 1. The highest BCUT2D eigenvalue weighted by Crippen LogP contribution is 2.07. The molecule has 2 aromatic rings. The van der Waals surface area contributed by atoms with Crippen LogP contribution in [0.1, 0.15) is 5.69 Å². The van der Waals surface area contributed by atoms with Crippen LogP contribution < -0.4 is 10.1 Å². The fourth-order valence-electron chi connectivity index (χ4n) is 1.51. The Bertz CT molecular complexity index is 624. The first kappa shape index (κ1) is 14.6. The molecule has 0 aliphatic heterocycles. The van der Waals surface area contributed by atoms with Crippen LogP contribution in [-0.2, 0) is 11.3 Å². The fraction of sp³-hybridized carbons (Fsp3) is 0.267. The normalized spacial score (nSPS) is 9.57. The molecule has 0 aliphatic carbocycles. The number of aryl methyl sites for hydroxylation is 1. The lowest BCUT2D eigenvalue weighted by Gasteiger charge is -2.02. The van der Waals surface area contributed by atoms with E-state index < -0.39 is 0 Å². The molecule has 0 bridgehead atoms. The number of aromatic nitrogens is 3. The molecule has 1 amide bonds. The number of rotatable bonds is 5. The van der Waals surface area contributed by atoms with Crippen LogP contribution in [0, 0.1) is 18.8 Å². The Balaban J connectivity index is 1.63. The predicted molar refractivity (Wildman–Crippen MR) is 77.5 cm³/mol. The Morgan fingerprint density at radius 3 is 3.05 bits per heavy atom. The monoisotopic (exact) mass is 284 g/mol. The van der Waals surface area contributed by atoms with Gasteiger partial charge in [-0.25, -0.2) is 0 Å². The molecule has 0 aromatic carbocycles. The summed E-state index contributed by atoms with van der Waals surface area (Å²) in [5.74, 6) is 6.20. The summed E-state index contributed by atoms with van der Waals surface area (Å²) in [5, 5.41) is 6.63. The molecule has 2 heterocycles. The quantitative estimate of drug-likeness (QED) is 0.824. The standard InChI is InChI=1S/C15H16N4O2/c1-13-5-6-14(11-17-13)21-10-3-2-7-16-15(20)12-19-9-4-8-18-19/h4-6,8-9,11H,7,10,12H2,1H3,(H,16,20). The molecule has 0 saturated heterocycles. The first-order valence-electron chi connectivity index (χ1n) is 6.49. The van der Waals surface area contributed by atoms with E-state index in [1.54, 1.807) is 29.3 Å². The maximum atomic E-state index is 11.5. The zero-order valence-corrected chi connectivity index (χ0v) is 11.7. The van der Waals surface area contributed by atoms with Gasteiger partial charge in [0, 0.05) is 18.1 Å². The van der Waals surface area contributed by atoms with Crippen LogP contribution in [0.25, 0.3) is 0 Å². The Morgan fingerprint density at radius 1 is 1.43 bits per heavy atom. The molecule has 0 saturated carbocycles. The van der Waals surface area contributed by atoms with Crippen LogP contribution in [0.3, 0.4) is 0 Å². The molecule has 2 rings (SSSR count). The second-order valence-electron chi connectivity index (χ2n) is 4.26. The molecule has 1 N–H and O–H groups in total. The van der Waals surface area contributed by atoms with Crippen molar-refractivity contribution in [3.8, 4) is 17.6 Å². The van der Waals surface area contributed by atoms with E-state index in [4.69, 9.17) is 4.74 Å². The van der Waals surface area contributed by atoms with Crippen molar-refractivity contribution in [3.05, 3.63) is 42.5 Å². The van der Waals surface area contributed by atoms with E-state index in [2.05, 4.69) is 27.2 Å². The Kier molecular flexibility index (Phi) is 5.35. The summed E-state index contributed by atoms with van der Waals surface area (Å²) >= 11 is 0. The summed E-state index contributed by atoms with van der Waals surface area (Å²) in [6, 6.07) is 5.48. The van der Waals surface area contributed by atoms with E-state index in [0.29, 0.717) is 5.75 Å². The van der Waals surface area contributed by atoms with Gasteiger partial charge in [-0.3, -0.25) is 14.5 Å². The molecule has 0 aliphatic rings. The largest absolute Gasteiger partial charge is 0.479 e. The number of hydrogen-bond acceptors (Lipinski definition) is 4. The molecule has 108 valence electrons. The van der Waals surface area contributed by atoms with E-state index in [0.717, 1.165) is 5.69 Å². The van der Waals surface area contributed by atoms with Gasteiger partial charge in [-0.05, 0) is 25.1 Å². The number of nitrogens with one attached hydrogen (secondary N) is 1. The lowest BCUT2D eigenvalue weighted by atomic mass is 10.4. The average molecular weight is 284 g/mol. The third-order valence-electron chi connectivity index (χ3n) is 2.56. The van der Waals surface area contributed by atoms with Gasteiger partial charge in [0.25, 0.3) is 0 Å². The van der Waals surface area contributed by atoms with Gasteiger partial charge in [0.2, 0.25) is 5.91 Å². The maximum Gasteiger partial charge on any atom is 0.242 e. The third-order valence-corrected chi connectivity index (χ3v) is 2.56. The first-order valence-corrected chi connectivity index (χ1v) is 6.49. The summed E-state index contributed by atoms with van der Waals surface area (Å²) in [7, 11) is 0. The second kappa shape index (κ2) is 7.70. The Hall–Kier alpha value is -2.81. The number of pyridine rings is 1. The van der Waals surface area contributed by atoms with E-state index in [-0.39, 0.29) is 25.6 Å². The smallest absolute Gasteiger partial charge is 0.242 e. The molecule has 0 radical (unpaired) electrons. The van der Waals surface area contributed by atoms with E-state index in [1.165, 1.54) is 0 Å². The average Bonchev–Trinajstić information content (AvgIpc) is 2.97. The van der Waals surface area contributed by atoms with Crippen molar-refractivity contribution in [2.45, 2.75) is 13.5 Å². The topological polar surface area (TPSA) is 69.0 Å². The predicted octanol–water partition coefficient (Wildman–Crippen LogP) is 0.785. The molecule has 6 heteroatoms. The number of nitrogens with zero attached hydrogens (tertiary/aromatic N) is 3. The van der Waals surface area contributed by atoms with Crippen molar-refractivity contribution >= 4 is 5.91 Å². The lowest BCUT2D eigenvalue weighted by Crippen LogP contribution is -2.28. The van der Waals surface area contributed by atoms with Crippen LogP contribution in [0.5, 0.6) is 5.75 Å². The minimum absolute atomic E-state index is 0.128. The van der Waals surface area contributed by atoms with Crippen molar-refractivity contribution in [2.24, 2.45) is 0 Å². The van der Waals surface area contributed by atoms with Crippen molar-refractivity contribution in [3.63, 3.8) is 0 Å². The number of carbonyl (C=O) groups excluding carboxylic acids is 1. The zero-order chi connectivity index (χ0) is 14.9. The Morgan fingerprint density at radius 2 is 2.33 bits per heavy atom. The van der Waals surface area contributed by atoms with Crippen LogP contribution >= 0.6 is 0 Å². The summed E-state index contributed by atoms with van der Waals surface area (Å²) in [6.07, 6.45) is 5.02. The van der Waals surface area contributed by atoms with Gasteiger partial charge in [-0.2, -0.15) is 5.10 Å². The van der Waals surface area contributed by atoms with Gasteiger partial charge in [0.05, 0.1) is 12.7 Å². The lowest BCUT2D eigenvalue weighted by molar-refractivity contribution is -0.121.